The summed E-state index contributed by atoms with van der Waals surface area (Å²) in [6.07, 6.45) is -0.449. The number of hydrogen-bond acceptors (Lipinski definition) is 3. The van der Waals surface area contributed by atoms with E-state index in [1.165, 1.54) is 0 Å². The molecule has 0 rings (SSSR count). The van der Waals surface area contributed by atoms with Crippen molar-refractivity contribution in [3.63, 3.8) is 0 Å². The van der Waals surface area contributed by atoms with Crippen LogP contribution in [0.25, 0.3) is 0 Å². The van der Waals surface area contributed by atoms with Gasteiger partial charge in [0.1, 0.15) is 0 Å². The predicted molar refractivity (Wildman–Crippen MR) is 55.8 cm³/mol. The fourth-order valence-electron chi connectivity index (χ4n) is 0. The van der Waals surface area contributed by atoms with E-state index in [4.69, 9.17) is 0 Å². The summed E-state index contributed by atoms with van der Waals surface area (Å²) in [6.45, 7) is 10.00. The predicted octanol–water partition coefficient (Wildman–Crippen LogP) is -0.725. The monoisotopic (exact) mass is 218 g/mol. The molecular weight excluding hydrogens is 195 g/mol. The van der Waals surface area contributed by atoms with E-state index in [0.717, 1.165) is 6.42 Å². The third-order valence-electron chi connectivity index (χ3n) is 0.575. The minimum absolute atomic E-state index is 0. The van der Waals surface area contributed by atoms with Crippen LogP contribution in [0.1, 0.15) is 48.0 Å². The first-order chi connectivity index (χ1) is 5.73. The Labute approximate surface area is 99.3 Å². The molecule has 4 heteroatoms. The standard InChI is InChI=1S/C4H9O.2C3H7O.Al/c1-3-4(2)5;2*1-3(2)4;/h4H,3H2,1-2H3;2*3H,1-2H3;/q3*-1;+3. The van der Waals surface area contributed by atoms with Gasteiger partial charge in [-0.05, 0) is 0 Å². The molecule has 3 nitrogen and oxygen atoms in total. The van der Waals surface area contributed by atoms with Gasteiger partial charge in [0.15, 0.2) is 0 Å². The van der Waals surface area contributed by atoms with Gasteiger partial charge in [-0.2, -0.15) is 0 Å². The Morgan fingerprint density at radius 2 is 0.857 bits per heavy atom. The summed E-state index contributed by atoms with van der Waals surface area (Å²) in [5.74, 6) is 0. The summed E-state index contributed by atoms with van der Waals surface area (Å²) in [4.78, 5) is 0. The fraction of sp³-hybridized carbons (Fsp3) is 1.00. The average molecular weight is 218 g/mol. The van der Waals surface area contributed by atoms with Crippen LogP contribution in [0.3, 0.4) is 0 Å². The van der Waals surface area contributed by atoms with Gasteiger partial charge >= 0.3 is 17.4 Å². The molecule has 84 valence electrons. The fourth-order valence-corrected chi connectivity index (χ4v) is 0. The summed E-state index contributed by atoms with van der Waals surface area (Å²) in [6, 6.07) is 0. The van der Waals surface area contributed by atoms with Gasteiger partial charge in [0.05, 0.1) is 0 Å². The van der Waals surface area contributed by atoms with Crippen molar-refractivity contribution < 1.29 is 15.3 Å². The second kappa shape index (κ2) is 19.1. The Morgan fingerprint density at radius 3 is 0.857 bits per heavy atom. The van der Waals surface area contributed by atoms with E-state index in [1.807, 2.05) is 6.92 Å². The van der Waals surface area contributed by atoms with Gasteiger partial charge < -0.3 is 15.3 Å². The summed E-state index contributed by atoms with van der Waals surface area (Å²) < 4.78 is 0. The zero-order valence-electron chi connectivity index (χ0n) is 10.2. The quantitative estimate of drug-likeness (QED) is 0.545. The maximum atomic E-state index is 9.90. The molecule has 0 aromatic rings. The molecule has 14 heavy (non-hydrogen) atoms. The minimum Gasteiger partial charge on any atom is -0.852 e. The molecule has 0 saturated carbocycles. The van der Waals surface area contributed by atoms with Gasteiger partial charge in [-0.1, -0.05) is 48.0 Å². The third-order valence-corrected chi connectivity index (χ3v) is 0.575. The molecule has 0 aliphatic carbocycles. The largest absolute Gasteiger partial charge is 3.00 e. The molecule has 0 aromatic carbocycles. The SMILES string of the molecule is CC(C)[O-].CC(C)[O-].CCC(C)[O-].[Al+3]. The van der Waals surface area contributed by atoms with Crippen LogP contribution < -0.4 is 15.3 Å². The molecular formula is C10H23AlO3. The van der Waals surface area contributed by atoms with Crippen LogP contribution >= 0.6 is 0 Å². The van der Waals surface area contributed by atoms with Crippen molar-refractivity contribution in [3.8, 4) is 0 Å². The smallest absolute Gasteiger partial charge is 0.852 e. The molecule has 1 unspecified atom stereocenters. The van der Waals surface area contributed by atoms with Crippen LogP contribution in [0, 0.1) is 0 Å². The van der Waals surface area contributed by atoms with Crippen molar-refractivity contribution in [3.05, 3.63) is 0 Å². The van der Waals surface area contributed by atoms with Crippen molar-refractivity contribution in [2.75, 3.05) is 0 Å². The second-order valence-corrected chi connectivity index (χ2v) is 3.32. The van der Waals surface area contributed by atoms with Gasteiger partial charge in [0.2, 0.25) is 0 Å². The first-order valence-electron chi connectivity index (χ1n) is 4.71. The van der Waals surface area contributed by atoms with Crippen LogP contribution in [0.15, 0.2) is 0 Å². The molecule has 1 atom stereocenters. The first-order valence-corrected chi connectivity index (χ1v) is 4.71. The molecule has 0 aliphatic rings. The van der Waals surface area contributed by atoms with Crippen LogP contribution in [0.5, 0.6) is 0 Å². The van der Waals surface area contributed by atoms with Gasteiger partial charge in [-0.25, -0.2) is 0 Å². The van der Waals surface area contributed by atoms with Crippen molar-refractivity contribution in [1.82, 2.24) is 0 Å². The zero-order chi connectivity index (χ0) is 11.4. The maximum absolute atomic E-state index is 9.90. The molecule has 0 saturated heterocycles. The van der Waals surface area contributed by atoms with Crippen LogP contribution in [0.4, 0.5) is 0 Å². The Morgan fingerprint density at radius 1 is 0.786 bits per heavy atom. The Bertz CT molecular complexity index is 64.3. The average Bonchev–Trinajstić information content (AvgIpc) is 1.84. The Hall–Kier alpha value is 0.412. The first kappa shape index (κ1) is 23.9. The Balaban J connectivity index is -0.0000000522. The van der Waals surface area contributed by atoms with Gasteiger partial charge in [-0.15, -0.1) is 18.3 Å². The number of rotatable bonds is 1. The van der Waals surface area contributed by atoms with Crippen molar-refractivity contribution in [2.45, 2.75) is 66.3 Å². The molecule has 0 spiro atoms. The van der Waals surface area contributed by atoms with Crippen LogP contribution in [-0.2, 0) is 0 Å². The topological polar surface area (TPSA) is 69.2 Å². The van der Waals surface area contributed by atoms with Gasteiger partial charge in [0, 0.05) is 0 Å². The molecule has 0 fully saturated rings. The Kier molecular flexibility index (Phi) is 32.6. The van der Waals surface area contributed by atoms with Gasteiger partial charge in [0.25, 0.3) is 0 Å². The zero-order valence-corrected chi connectivity index (χ0v) is 11.4. The van der Waals surface area contributed by atoms with E-state index >= 15 is 0 Å². The minimum atomic E-state index is -0.417. The van der Waals surface area contributed by atoms with Crippen molar-refractivity contribution in [1.29, 1.82) is 0 Å². The van der Waals surface area contributed by atoms with E-state index in [-0.39, 0.29) is 23.5 Å². The van der Waals surface area contributed by atoms with Crippen LogP contribution in [0.2, 0.25) is 0 Å². The molecule has 0 aliphatic heterocycles. The van der Waals surface area contributed by atoms with E-state index in [2.05, 4.69) is 0 Å². The van der Waals surface area contributed by atoms with E-state index < -0.39 is 12.2 Å². The van der Waals surface area contributed by atoms with E-state index in [1.54, 1.807) is 34.6 Å². The van der Waals surface area contributed by atoms with Crippen molar-refractivity contribution in [2.24, 2.45) is 0 Å². The maximum Gasteiger partial charge on any atom is 3.00 e. The van der Waals surface area contributed by atoms with Crippen molar-refractivity contribution >= 4 is 17.4 Å². The normalized spacial score (nSPS) is 10.5. The molecule has 0 bridgehead atoms. The molecule has 0 aromatic heterocycles. The third kappa shape index (κ3) is 278. The summed E-state index contributed by atoms with van der Waals surface area (Å²) >= 11 is 0. The molecule has 0 heterocycles. The van der Waals surface area contributed by atoms with Crippen LogP contribution in [-0.4, -0.2) is 35.7 Å². The second-order valence-electron chi connectivity index (χ2n) is 3.32. The number of hydrogen-bond donors (Lipinski definition) is 0. The summed E-state index contributed by atoms with van der Waals surface area (Å²) in [5.41, 5.74) is 0. The summed E-state index contributed by atoms with van der Waals surface area (Å²) in [7, 11) is 0. The molecule has 0 radical (unpaired) electrons. The van der Waals surface area contributed by atoms with E-state index in [0.29, 0.717) is 0 Å². The molecule has 0 amide bonds. The van der Waals surface area contributed by atoms with Gasteiger partial charge in [-0.3, -0.25) is 0 Å². The molecule has 0 N–H and O–H groups in total. The van der Waals surface area contributed by atoms with E-state index in [9.17, 15) is 15.3 Å². The summed E-state index contributed by atoms with van der Waals surface area (Å²) in [5, 5.41) is 29.0.